The third kappa shape index (κ3) is 3.77. The van der Waals surface area contributed by atoms with E-state index in [9.17, 15) is 0 Å². The molecule has 2 aromatic rings. The zero-order valence-electron chi connectivity index (χ0n) is 12.5. The topological polar surface area (TPSA) is 44.5 Å². The van der Waals surface area contributed by atoms with Gasteiger partial charge in [-0.1, -0.05) is 40.2 Å². The van der Waals surface area contributed by atoms with Gasteiger partial charge in [0.25, 0.3) is 0 Å². The molecule has 2 atom stereocenters. The lowest BCUT2D eigenvalue weighted by Crippen LogP contribution is -2.29. The number of para-hydroxylation sites is 1. The first-order valence-electron chi connectivity index (χ1n) is 6.84. The van der Waals surface area contributed by atoms with Crippen LogP contribution in [-0.4, -0.2) is 13.2 Å². The van der Waals surface area contributed by atoms with E-state index in [1.54, 1.807) is 7.11 Å². The fraction of sp³-hybridized carbons (Fsp3) is 0.294. The standard InChI is InChI=1S/C17H20BrNO2/c1-11-8-9-13(18)10-16(11)21-17(12(2)19)14-6-4-5-7-15(14)20-3/h4-10,12,17H,19H2,1-3H3. The highest BCUT2D eigenvalue weighted by Gasteiger charge is 2.22. The molecule has 0 aromatic heterocycles. The Hall–Kier alpha value is -1.52. The number of hydrogen-bond donors (Lipinski definition) is 1. The van der Waals surface area contributed by atoms with Crippen LogP contribution in [0.4, 0.5) is 0 Å². The molecule has 2 N–H and O–H groups in total. The number of benzene rings is 2. The molecule has 21 heavy (non-hydrogen) atoms. The predicted octanol–water partition coefficient (Wildman–Crippen LogP) is 4.23. The minimum absolute atomic E-state index is 0.167. The second-order valence-corrected chi connectivity index (χ2v) is 5.97. The Balaban J connectivity index is 2.38. The molecular weight excluding hydrogens is 330 g/mol. The van der Waals surface area contributed by atoms with Crippen LogP contribution in [0.3, 0.4) is 0 Å². The molecule has 0 spiro atoms. The summed E-state index contributed by atoms with van der Waals surface area (Å²) in [5, 5.41) is 0. The van der Waals surface area contributed by atoms with E-state index in [1.807, 2.05) is 56.3 Å². The molecule has 112 valence electrons. The van der Waals surface area contributed by atoms with Gasteiger partial charge in [0.15, 0.2) is 0 Å². The van der Waals surface area contributed by atoms with Crippen molar-refractivity contribution in [2.24, 2.45) is 5.73 Å². The third-order valence-corrected chi connectivity index (χ3v) is 3.82. The van der Waals surface area contributed by atoms with Crippen LogP contribution < -0.4 is 15.2 Å². The van der Waals surface area contributed by atoms with Gasteiger partial charge in [-0.25, -0.2) is 0 Å². The van der Waals surface area contributed by atoms with E-state index in [2.05, 4.69) is 15.9 Å². The maximum absolute atomic E-state index is 6.18. The summed E-state index contributed by atoms with van der Waals surface area (Å²) < 4.78 is 12.6. The van der Waals surface area contributed by atoms with E-state index in [1.165, 1.54) is 0 Å². The number of ether oxygens (including phenoxy) is 2. The summed E-state index contributed by atoms with van der Waals surface area (Å²) in [6.07, 6.45) is -0.269. The monoisotopic (exact) mass is 349 g/mol. The number of aryl methyl sites for hydroxylation is 1. The SMILES string of the molecule is COc1ccccc1C(Oc1cc(Br)ccc1C)C(C)N. The zero-order chi connectivity index (χ0) is 15.4. The molecule has 2 rings (SSSR count). The highest BCUT2D eigenvalue weighted by Crippen LogP contribution is 2.33. The lowest BCUT2D eigenvalue weighted by Gasteiger charge is -2.25. The maximum Gasteiger partial charge on any atom is 0.142 e. The van der Waals surface area contributed by atoms with Crippen LogP contribution in [0, 0.1) is 6.92 Å². The quantitative estimate of drug-likeness (QED) is 0.878. The molecule has 3 nitrogen and oxygen atoms in total. The smallest absolute Gasteiger partial charge is 0.142 e. The van der Waals surface area contributed by atoms with Crippen molar-refractivity contribution in [1.82, 2.24) is 0 Å². The van der Waals surface area contributed by atoms with Gasteiger partial charge < -0.3 is 15.2 Å². The summed E-state index contributed by atoms with van der Waals surface area (Å²) in [7, 11) is 1.65. The number of hydrogen-bond acceptors (Lipinski definition) is 3. The van der Waals surface area contributed by atoms with Gasteiger partial charge in [-0.15, -0.1) is 0 Å². The molecule has 0 bridgehead atoms. The van der Waals surface area contributed by atoms with Crippen molar-refractivity contribution in [3.05, 3.63) is 58.1 Å². The van der Waals surface area contributed by atoms with Crippen LogP contribution in [0.1, 0.15) is 24.2 Å². The van der Waals surface area contributed by atoms with Gasteiger partial charge in [0.05, 0.1) is 7.11 Å². The molecule has 2 unspecified atom stereocenters. The molecule has 0 amide bonds. The molecule has 0 radical (unpaired) electrons. The Morgan fingerprint density at radius 2 is 1.81 bits per heavy atom. The Labute approximate surface area is 134 Å². The Morgan fingerprint density at radius 1 is 1.10 bits per heavy atom. The molecule has 0 saturated heterocycles. The molecule has 0 heterocycles. The lowest BCUT2D eigenvalue weighted by molar-refractivity contribution is 0.175. The summed E-state index contributed by atoms with van der Waals surface area (Å²) in [6, 6.07) is 13.6. The highest BCUT2D eigenvalue weighted by molar-refractivity contribution is 9.10. The Bertz CT molecular complexity index is 613. The van der Waals surface area contributed by atoms with E-state index < -0.39 is 0 Å². The second-order valence-electron chi connectivity index (χ2n) is 5.05. The minimum atomic E-state index is -0.269. The van der Waals surface area contributed by atoms with Gasteiger partial charge in [-0.05, 0) is 37.6 Å². The van der Waals surface area contributed by atoms with Crippen molar-refractivity contribution in [2.45, 2.75) is 26.0 Å². The first-order chi connectivity index (χ1) is 10.0. The molecule has 0 fully saturated rings. The van der Waals surface area contributed by atoms with E-state index in [0.717, 1.165) is 27.1 Å². The summed E-state index contributed by atoms with van der Waals surface area (Å²) in [4.78, 5) is 0. The van der Waals surface area contributed by atoms with Crippen LogP contribution in [0.5, 0.6) is 11.5 Å². The van der Waals surface area contributed by atoms with Crippen LogP contribution in [0.2, 0.25) is 0 Å². The van der Waals surface area contributed by atoms with Crippen molar-refractivity contribution < 1.29 is 9.47 Å². The van der Waals surface area contributed by atoms with Crippen LogP contribution in [0.15, 0.2) is 46.9 Å². The van der Waals surface area contributed by atoms with Gasteiger partial charge in [0.2, 0.25) is 0 Å². The van der Waals surface area contributed by atoms with E-state index >= 15 is 0 Å². The van der Waals surface area contributed by atoms with Crippen molar-refractivity contribution in [3.63, 3.8) is 0 Å². The largest absolute Gasteiger partial charge is 0.496 e. The van der Waals surface area contributed by atoms with E-state index in [-0.39, 0.29) is 12.1 Å². The van der Waals surface area contributed by atoms with Gasteiger partial charge in [-0.2, -0.15) is 0 Å². The third-order valence-electron chi connectivity index (χ3n) is 3.33. The summed E-state index contributed by atoms with van der Waals surface area (Å²) >= 11 is 3.47. The van der Waals surface area contributed by atoms with Crippen molar-refractivity contribution in [3.8, 4) is 11.5 Å². The fourth-order valence-electron chi connectivity index (χ4n) is 2.19. The average molecular weight is 350 g/mol. The lowest BCUT2D eigenvalue weighted by atomic mass is 10.0. The number of methoxy groups -OCH3 is 1. The number of halogens is 1. The van der Waals surface area contributed by atoms with Crippen molar-refractivity contribution >= 4 is 15.9 Å². The first kappa shape index (κ1) is 15.9. The van der Waals surface area contributed by atoms with Crippen molar-refractivity contribution in [2.75, 3.05) is 7.11 Å². The molecule has 0 saturated carbocycles. The van der Waals surface area contributed by atoms with Gasteiger partial charge in [-0.3, -0.25) is 0 Å². The molecular formula is C17H20BrNO2. The number of rotatable bonds is 5. The Morgan fingerprint density at radius 3 is 2.48 bits per heavy atom. The molecule has 4 heteroatoms. The van der Waals surface area contributed by atoms with Crippen LogP contribution in [-0.2, 0) is 0 Å². The van der Waals surface area contributed by atoms with E-state index in [4.69, 9.17) is 15.2 Å². The molecule has 0 aliphatic heterocycles. The minimum Gasteiger partial charge on any atom is -0.496 e. The maximum atomic E-state index is 6.18. The average Bonchev–Trinajstić information content (AvgIpc) is 2.47. The predicted molar refractivity (Wildman–Crippen MR) is 88.9 cm³/mol. The molecule has 2 aromatic carbocycles. The van der Waals surface area contributed by atoms with Crippen molar-refractivity contribution in [1.29, 1.82) is 0 Å². The molecule has 0 aliphatic carbocycles. The first-order valence-corrected chi connectivity index (χ1v) is 7.63. The fourth-order valence-corrected chi connectivity index (χ4v) is 2.53. The second kappa shape index (κ2) is 6.96. The van der Waals surface area contributed by atoms with Crippen LogP contribution >= 0.6 is 15.9 Å². The molecule has 0 aliphatic rings. The van der Waals surface area contributed by atoms with Gasteiger partial charge >= 0.3 is 0 Å². The summed E-state index contributed by atoms with van der Waals surface area (Å²) in [5.41, 5.74) is 8.16. The Kier molecular flexibility index (Phi) is 5.26. The zero-order valence-corrected chi connectivity index (χ0v) is 14.1. The summed E-state index contributed by atoms with van der Waals surface area (Å²) in [6.45, 7) is 3.95. The normalized spacial score (nSPS) is 13.6. The number of nitrogens with two attached hydrogens (primary N) is 1. The van der Waals surface area contributed by atoms with Gasteiger partial charge in [0, 0.05) is 16.1 Å². The highest BCUT2D eigenvalue weighted by atomic mass is 79.9. The van der Waals surface area contributed by atoms with Gasteiger partial charge in [0.1, 0.15) is 17.6 Å². The van der Waals surface area contributed by atoms with Crippen LogP contribution in [0.25, 0.3) is 0 Å². The van der Waals surface area contributed by atoms with E-state index in [0.29, 0.717) is 0 Å². The summed E-state index contributed by atoms with van der Waals surface area (Å²) in [5.74, 6) is 1.60.